The number of rotatable bonds is 4. The van der Waals surface area contributed by atoms with Crippen LogP contribution in [-0.2, 0) is 33.3 Å². The molecule has 0 aromatic carbocycles. The summed E-state index contributed by atoms with van der Waals surface area (Å²) in [6.07, 6.45) is 6.87. The van der Waals surface area contributed by atoms with Crippen LogP contribution in [0.2, 0.25) is 0 Å². The van der Waals surface area contributed by atoms with E-state index >= 15 is 0 Å². The van der Waals surface area contributed by atoms with Gasteiger partial charge < -0.3 is 23.8 Å². The average Bonchev–Trinajstić information content (AvgIpc) is 2.96. The lowest BCUT2D eigenvalue weighted by molar-refractivity contribution is -0.138. The molecule has 0 radical (unpaired) electrons. The van der Waals surface area contributed by atoms with Crippen molar-refractivity contribution in [1.29, 1.82) is 0 Å². The van der Waals surface area contributed by atoms with E-state index in [0.29, 0.717) is 5.70 Å². The molecule has 0 bridgehead atoms. The Hall–Kier alpha value is -4.04. The van der Waals surface area contributed by atoms with Crippen molar-refractivity contribution < 1.29 is 38.1 Å². The van der Waals surface area contributed by atoms with Gasteiger partial charge in [0.15, 0.2) is 11.5 Å². The van der Waals surface area contributed by atoms with Crippen LogP contribution in [0, 0.1) is 0 Å². The molecule has 2 rings (SSSR count). The van der Waals surface area contributed by atoms with E-state index in [4.69, 9.17) is 18.9 Å². The topological polar surface area (TPSA) is 112 Å². The molecule has 0 N–H and O–H groups in total. The number of hydrogen-bond acceptors (Lipinski definition) is 9. The number of ether oxygens (including phenoxy) is 4. The molecule has 0 unspecified atom stereocenters. The molecular formula is C23H26N2O8. The largest absolute Gasteiger partial charge is 0.493 e. The highest BCUT2D eigenvalue weighted by Crippen LogP contribution is 2.34. The number of allylic oxidation sites excluding steroid dienone is 5. The van der Waals surface area contributed by atoms with E-state index in [0.717, 1.165) is 14.2 Å². The molecule has 0 aliphatic carbocycles. The predicted molar refractivity (Wildman–Crippen MR) is 116 cm³/mol. The second-order valence-corrected chi connectivity index (χ2v) is 7.83. The molecule has 0 spiro atoms. The number of methoxy groups -OCH3 is 3. The van der Waals surface area contributed by atoms with Crippen LogP contribution in [0.1, 0.15) is 27.7 Å². The van der Waals surface area contributed by atoms with Crippen LogP contribution < -0.4 is 0 Å². The van der Waals surface area contributed by atoms with Gasteiger partial charge in [0.2, 0.25) is 0 Å². The van der Waals surface area contributed by atoms with Crippen LogP contribution in [0.25, 0.3) is 0 Å². The molecule has 0 saturated carbocycles. The first-order valence-electron chi connectivity index (χ1n) is 9.79. The molecule has 1 amide bonds. The summed E-state index contributed by atoms with van der Waals surface area (Å²) < 4.78 is 20.4. The zero-order chi connectivity index (χ0) is 24.9. The number of hydrogen-bond donors (Lipinski definition) is 0. The minimum absolute atomic E-state index is 0.203. The van der Waals surface area contributed by atoms with Gasteiger partial charge in [-0.15, -0.1) is 0 Å². The van der Waals surface area contributed by atoms with Crippen LogP contribution in [0.5, 0.6) is 0 Å². The number of amides is 1. The minimum Gasteiger partial charge on any atom is -0.493 e. The quantitative estimate of drug-likeness (QED) is 0.356. The predicted octanol–water partition coefficient (Wildman–Crippen LogP) is 2.70. The smallest absolute Gasteiger partial charge is 0.418 e. The van der Waals surface area contributed by atoms with Gasteiger partial charge in [-0.2, -0.15) is 0 Å². The van der Waals surface area contributed by atoms with Crippen LogP contribution in [0.15, 0.2) is 64.6 Å². The molecule has 0 atom stereocenters. The Morgan fingerprint density at radius 3 is 2.15 bits per heavy atom. The fourth-order valence-corrected chi connectivity index (χ4v) is 2.96. The summed E-state index contributed by atoms with van der Waals surface area (Å²) in [5, 5.41) is 0. The van der Waals surface area contributed by atoms with Gasteiger partial charge in [-0.05, 0) is 39.8 Å². The zero-order valence-corrected chi connectivity index (χ0v) is 19.5. The van der Waals surface area contributed by atoms with E-state index in [9.17, 15) is 19.2 Å². The monoisotopic (exact) mass is 458 g/mol. The van der Waals surface area contributed by atoms with E-state index in [2.05, 4.69) is 0 Å². The SMILES string of the molecule is COC(=O)C1=CN(C2=CN(C(=O)OC(C)(C)C)C(C)=CC=C2)C(C(=O)OC)=C(OC)C1=C=O. The Morgan fingerprint density at radius 1 is 1.00 bits per heavy atom. The van der Waals surface area contributed by atoms with Crippen molar-refractivity contribution in [2.24, 2.45) is 0 Å². The van der Waals surface area contributed by atoms with Crippen molar-refractivity contribution in [2.45, 2.75) is 33.3 Å². The van der Waals surface area contributed by atoms with Crippen molar-refractivity contribution in [1.82, 2.24) is 9.80 Å². The first-order valence-corrected chi connectivity index (χ1v) is 9.79. The first kappa shape index (κ1) is 25.2. The lowest BCUT2D eigenvalue weighted by atomic mass is 10.0. The van der Waals surface area contributed by atoms with E-state index in [-0.39, 0.29) is 28.3 Å². The summed E-state index contributed by atoms with van der Waals surface area (Å²) in [5.41, 5.74) is -0.672. The molecule has 0 saturated heterocycles. The summed E-state index contributed by atoms with van der Waals surface area (Å²) in [6, 6.07) is 0. The van der Waals surface area contributed by atoms with Gasteiger partial charge in [-0.25, -0.2) is 19.2 Å². The van der Waals surface area contributed by atoms with Crippen LogP contribution in [0.3, 0.4) is 0 Å². The Balaban J connectivity index is 2.74. The molecular weight excluding hydrogens is 432 g/mol. The average molecular weight is 458 g/mol. The fraction of sp³-hybridized carbons (Fsp3) is 0.348. The first-order chi connectivity index (χ1) is 15.5. The molecule has 2 heterocycles. The second-order valence-electron chi connectivity index (χ2n) is 7.83. The van der Waals surface area contributed by atoms with Gasteiger partial charge in [-0.3, -0.25) is 4.90 Å². The number of nitrogens with zero attached hydrogens (tertiary/aromatic N) is 2. The number of carbonyl (C=O) groups is 3. The molecule has 0 aromatic rings. The normalized spacial score (nSPS) is 16.2. The van der Waals surface area contributed by atoms with Crippen LogP contribution in [-0.4, -0.2) is 60.7 Å². The van der Waals surface area contributed by atoms with Crippen molar-refractivity contribution in [2.75, 3.05) is 21.3 Å². The Morgan fingerprint density at radius 2 is 1.64 bits per heavy atom. The summed E-state index contributed by atoms with van der Waals surface area (Å²) in [4.78, 5) is 52.1. The third-order valence-corrected chi connectivity index (χ3v) is 4.41. The molecule has 10 heteroatoms. The standard InChI is InChI=1S/C23H26N2O8/c1-14-9-8-10-15(11-24(14)22(29)33-23(2,3)4)25-12-16(20(27)31-6)17(13-26)19(30-5)18(25)21(28)32-7/h8-12H,1-7H3. The number of carbonyl (C=O) groups excluding carboxylic acids is 4. The maximum Gasteiger partial charge on any atom is 0.418 e. The summed E-state index contributed by atoms with van der Waals surface area (Å²) in [5.74, 6) is -0.329. The van der Waals surface area contributed by atoms with Gasteiger partial charge in [0.25, 0.3) is 0 Å². The molecule has 33 heavy (non-hydrogen) atoms. The van der Waals surface area contributed by atoms with E-state index in [1.54, 1.807) is 51.9 Å². The van der Waals surface area contributed by atoms with Gasteiger partial charge in [-0.1, -0.05) is 6.08 Å². The van der Waals surface area contributed by atoms with Gasteiger partial charge in [0.05, 0.1) is 32.6 Å². The summed E-state index contributed by atoms with van der Waals surface area (Å²) in [6.45, 7) is 6.90. The lowest BCUT2D eigenvalue weighted by Gasteiger charge is -2.31. The maximum absolute atomic E-state index is 12.8. The molecule has 2 aliphatic heterocycles. The van der Waals surface area contributed by atoms with Crippen molar-refractivity contribution in [3.05, 3.63) is 64.6 Å². The summed E-state index contributed by atoms with van der Waals surface area (Å²) >= 11 is 0. The molecule has 176 valence electrons. The second kappa shape index (κ2) is 10.1. The zero-order valence-electron chi connectivity index (χ0n) is 19.5. The summed E-state index contributed by atoms with van der Waals surface area (Å²) in [7, 11) is 3.52. The van der Waals surface area contributed by atoms with Crippen molar-refractivity contribution in [3.63, 3.8) is 0 Å². The van der Waals surface area contributed by atoms with Crippen molar-refractivity contribution in [3.8, 4) is 0 Å². The molecule has 10 nitrogen and oxygen atoms in total. The highest BCUT2D eigenvalue weighted by Gasteiger charge is 2.37. The maximum atomic E-state index is 12.8. The van der Waals surface area contributed by atoms with E-state index < -0.39 is 23.6 Å². The Kier molecular flexibility index (Phi) is 7.68. The molecule has 0 aromatic heterocycles. The van der Waals surface area contributed by atoms with Crippen molar-refractivity contribution >= 4 is 24.0 Å². The highest BCUT2D eigenvalue weighted by molar-refractivity contribution is 6.02. The Bertz CT molecular complexity index is 1060. The third-order valence-electron chi connectivity index (χ3n) is 4.41. The van der Waals surface area contributed by atoms with E-state index in [1.165, 1.54) is 29.3 Å². The lowest BCUT2D eigenvalue weighted by Crippen LogP contribution is -2.35. The fourth-order valence-electron chi connectivity index (χ4n) is 2.96. The van der Waals surface area contributed by atoms with Crippen LogP contribution in [0.4, 0.5) is 4.79 Å². The van der Waals surface area contributed by atoms with E-state index in [1.807, 2.05) is 0 Å². The Labute approximate surface area is 191 Å². The highest BCUT2D eigenvalue weighted by atomic mass is 16.6. The third kappa shape index (κ3) is 5.42. The van der Waals surface area contributed by atoms with Gasteiger partial charge in [0, 0.05) is 18.1 Å². The number of esters is 2. The molecule has 0 fully saturated rings. The van der Waals surface area contributed by atoms with Gasteiger partial charge in [0.1, 0.15) is 17.1 Å². The molecule has 2 aliphatic rings. The minimum atomic E-state index is -0.855. The van der Waals surface area contributed by atoms with Crippen LogP contribution >= 0.6 is 0 Å². The van der Waals surface area contributed by atoms with Gasteiger partial charge >= 0.3 is 18.0 Å².